The van der Waals surface area contributed by atoms with Crippen LogP contribution in [0, 0.1) is 10.1 Å². The Hall–Kier alpha value is -2.16. The minimum Gasteiger partial charge on any atom is -0.488 e. The molecule has 98 valence electrons. The Balaban J connectivity index is 3.52. The number of nitro benzene ring substituents is 1. The standard InChI is InChI=1S/C9H9NO7S/c1-16-9-7(17-18(2,14)15)4-3-6(5-11)8(9)10(12)13/h3-5H,1-2H3. The van der Waals surface area contributed by atoms with Gasteiger partial charge in [-0.3, -0.25) is 14.9 Å². The van der Waals surface area contributed by atoms with Crippen LogP contribution in [0.25, 0.3) is 0 Å². The van der Waals surface area contributed by atoms with E-state index in [1.165, 1.54) is 0 Å². The van der Waals surface area contributed by atoms with Gasteiger partial charge < -0.3 is 8.92 Å². The molecule has 0 aliphatic rings. The van der Waals surface area contributed by atoms with Gasteiger partial charge in [0, 0.05) is 0 Å². The minimum atomic E-state index is -3.86. The van der Waals surface area contributed by atoms with Gasteiger partial charge in [0.2, 0.25) is 5.75 Å². The molecule has 0 heterocycles. The molecule has 9 heteroatoms. The molecule has 0 amide bonds. The molecule has 0 aliphatic heterocycles. The van der Waals surface area contributed by atoms with Gasteiger partial charge in [-0.2, -0.15) is 8.42 Å². The molecule has 0 bridgehead atoms. The van der Waals surface area contributed by atoms with Crippen molar-refractivity contribution in [3.8, 4) is 11.5 Å². The van der Waals surface area contributed by atoms with Gasteiger partial charge in [0.05, 0.1) is 23.9 Å². The lowest BCUT2D eigenvalue weighted by Crippen LogP contribution is -2.08. The van der Waals surface area contributed by atoms with E-state index in [0.717, 1.165) is 25.5 Å². The number of nitrogens with zero attached hydrogens (tertiary/aromatic N) is 1. The van der Waals surface area contributed by atoms with Crippen LogP contribution in [0.1, 0.15) is 10.4 Å². The van der Waals surface area contributed by atoms with Crippen LogP contribution in [0.2, 0.25) is 0 Å². The third-order valence-corrected chi connectivity index (χ3v) is 2.36. The van der Waals surface area contributed by atoms with E-state index in [9.17, 15) is 23.3 Å². The zero-order valence-corrected chi connectivity index (χ0v) is 10.3. The number of methoxy groups -OCH3 is 1. The van der Waals surface area contributed by atoms with Crippen molar-refractivity contribution in [2.24, 2.45) is 0 Å². The van der Waals surface area contributed by atoms with Crippen LogP contribution in [0.15, 0.2) is 12.1 Å². The number of aldehydes is 1. The molecule has 18 heavy (non-hydrogen) atoms. The highest BCUT2D eigenvalue weighted by Crippen LogP contribution is 2.39. The Labute approximate surface area is 102 Å². The summed E-state index contributed by atoms with van der Waals surface area (Å²) in [6.45, 7) is 0. The van der Waals surface area contributed by atoms with Crippen LogP contribution < -0.4 is 8.92 Å². The molecule has 0 aromatic heterocycles. The fraction of sp³-hybridized carbons (Fsp3) is 0.222. The lowest BCUT2D eigenvalue weighted by molar-refractivity contribution is -0.386. The molecule has 0 spiro atoms. The van der Waals surface area contributed by atoms with Crippen LogP contribution in [0.3, 0.4) is 0 Å². The zero-order chi connectivity index (χ0) is 13.9. The van der Waals surface area contributed by atoms with E-state index in [1.807, 2.05) is 0 Å². The summed E-state index contributed by atoms with van der Waals surface area (Å²) in [7, 11) is -2.76. The van der Waals surface area contributed by atoms with Gasteiger partial charge in [0.1, 0.15) is 0 Å². The van der Waals surface area contributed by atoms with Gasteiger partial charge in [-0.25, -0.2) is 0 Å². The summed E-state index contributed by atoms with van der Waals surface area (Å²) in [5.74, 6) is -0.771. The lowest BCUT2D eigenvalue weighted by atomic mass is 10.1. The molecule has 0 N–H and O–H groups in total. The molecule has 1 aromatic rings. The van der Waals surface area contributed by atoms with Gasteiger partial charge in [-0.15, -0.1) is 0 Å². The summed E-state index contributed by atoms with van der Waals surface area (Å²) in [6.07, 6.45) is 1.05. The summed E-state index contributed by atoms with van der Waals surface area (Å²) in [5.41, 5.74) is -0.883. The van der Waals surface area contributed by atoms with Crippen molar-refractivity contribution in [2.45, 2.75) is 0 Å². The highest BCUT2D eigenvalue weighted by atomic mass is 32.2. The number of nitro groups is 1. The summed E-state index contributed by atoms with van der Waals surface area (Å²) < 4.78 is 31.3. The van der Waals surface area contributed by atoms with Gasteiger partial charge in [-0.1, -0.05) is 0 Å². The molecular formula is C9H9NO7S. The molecule has 0 fully saturated rings. The second-order valence-corrected chi connectivity index (χ2v) is 4.77. The van der Waals surface area contributed by atoms with E-state index in [0.29, 0.717) is 0 Å². The largest absolute Gasteiger partial charge is 0.488 e. The van der Waals surface area contributed by atoms with Crippen LogP contribution >= 0.6 is 0 Å². The molecule has 0 saturated carbocycles. The maximum atomic E-state index is 11.0. The third kappa shape index (κ3) is 2.94. The highest BCUT2D eigenvalue weighted by Gasteiger charge is 2.26. The van der Waals surface area contributed by atoms with Crippen LogP contribution in [0.5, 0.6) is 11.5 Å². The fourth-order valence-electron chi connectivity index (χ4n) is 1.28. The Morgan fingerprint density at radius 3 is 2.39 bits per heavy atom. The average molecular weight is 275 g/mol. The number of carbonyl (C=O) groups excluding carboxylic acids is 1. The third-order valence-electron chi connectivity index (χ3n) is 1.88. The molecule has 0 saturated heterocycles. The number of carbonyl (C=O) groups is 1. The molecule has 0 atom stereocenters. The fourth-order valence-corrected chi connectivity index (χ4v) is 1.73. The number of ether oxygens (including phenoxy) is 1. The number of benzene rings is 1. The molecule has 8 nitrogen and oxygen atoms in total. The van der Waals surface area contributed by atoms with Crippen molar-refractivity contribution < 1.29 is 27.1 Å². The predicted octanol–water partition coefficient (Wildman–Crippen LogP) is 0.754. The quantitative estimate of drug-likeness (QED) is 0.337. The second-order valence-electron chi connectivity index (χ2n) is 3.20. The highest BCUT2D eigenvalue weighted by molar-refractivity contribution is 7.86. The lowest BCUT2D eigenvalue weighted by Gasteiger charge is -2.09. The summed E-state index contributed by atoms with van der Waals surface area (Å²) in [4.78, 5) is 20.7. The summed E-state index contributed by atoms with van der Waals surface area (Å²) in [5, 5.41) is 10.8. The summed E-state index contributed by atoms with van der Waals surface area (Å²) in [6, 6.07) is 2.19. The minimum absolute atomic E-state index is 0.238. The Morgan fingerprint density at radius 2 is 2.00 bits per heavy atom. The second kappa shape index (κ2) is 5.00. The average Bonchev–Trinajstić information content (AvgIpc) is 2.26. The molecular weight excluding hydrogens is 266 g/mol. The topological polar surface area (TPSA) is 113 Å². The van der Waals surface area contributed by atoms with Crippen LogP contribution in [-0.2, 0) is 10.1 Å². The van der Waals surface area contributed by atoms with Crippen molar-refractivity contribution >= 4 is 22.1 Å². The van der Waals surface area contributed by atoms with Crippen molar-refractivity contribution in [1.82, 2.24) is 0 Å². The van der Waals surface area contributed by atoms with Crippen LogP contribution in [0.4, 0.5) is 5.69 Å². The SMILES string of the molecule is COc1c(OS(C)(=O)=O)ccc(C=O)c1[N+](=O)[O-]. The first-order chi connectivity index (χ1) is 8.30. The molecule has 0 aliphatic carbocycles. The Bertz CT molecular complexity index is 593. The molecule has 0 radical (unpaired) electrons. The summed E-state index contributed by atoms with van der Waals surface area (Å²) >= 11 is 0. The van der Waals surface area contributed by atoms with E-state index in [1.54, 1.807) is 0 Å². The van der Waals surface area contributed by atoms with Gasteiger partial charge in [0.25, 0.3) is 0 Å². The van der Waals surface area contributed by atoms with Crippen molar-refractivity contribution in [1.29, 1.82) is 0 Å². The first-order valence-electron chi connectivity index (χ1n) is 4.50. The van der Waals surface area contributed by atoms with Gasteiger partial charge in [0.15, 0.2) is 12.0 Å². The van der Waals surface area contributed by atoms with Crippen LogP contribution in [-0.4, -0.2) is 33.0 Å². The van der Waals surface area contributed by atoms with E-state index < -0.39 is 26.5 Å². The normalized spacial score (nSPS) is 10.8. The maximum absolute atomic E-state index is 11.0. The monoisotopic (exact) mass is 275 g/mol. The molecule has 1 rings (SSSR count). The van der Waals surface area contributed by atoms with Gasteiger partial charge >= 0.3 is 15.8 Å². The Morgan fingerprint density at radius 1 is 1.39 bits per heavy atom. The van der Waals surface area contributed by atoms with Crippen molar-refractivity contribution in [3.63, 3.8) is 0 Å². The molecule has 1 aromatic carbocycles. The Kier molecular flexibility index (Phi) is 3.86. The molecule has 0 unspecified atom stereocenters. The van der Waals surface area contributed by atoms with E-state index >= 15 is 0 Å². The maximum Gasteiger partial charge on any atom is 0.325 e. The number of hydrogen-bond donors (Lipinski definition) is 0. The zero-order valence-electron chi connectivity index (χ0n) is 9.45. The van der Waals surface area contributed by atoms with Crippen molar-refractivity contribution in [3.05, 3.63) is 27.8 Å². The number of rotatable bonds is 5. The first kappa shape index (κ1) is 13.9. The first-order valence-corrected chi connectivity index (χ1v) is 6.32. The van der Waals surface area contributed by atoms with Crippen molar-refractivity contribution in [2.75, 3.05) is 13.4 Å². The van der Waals surface area contributed by atoms with Gasteiger partial charge in [-0.05, 0) is 12.1 Å². The van der Waals surface area contributed by atoms with E-state index in [4.69, 9.17) is 4.74 Å². The number of hydrogen-bond acceptors (Lipinski definition) is 7. The van der Waals surface area contributed by atoms with E-state index in [2.05, 4.69) is 4.18 Å². The smallest absolute Gasteiger partial charge is 0.325 e. The van der Waals surface area contributed by atoms with E-state index in [-0.39, 0.29) is 17.6 Å². The predicted molar refractivity (Wildman–Crippen MR) is 60.5 cm³/mol.